The Labute approximate surface area is 156 Å². The summed E-state index contributed by atoms with van der Waals surface area (Å²) in [6.45, 7) is 21.2. The van der Waals surface area contributed by atoms with Gasteiger partial charge in [-0.05, 0) is 43.3 Å². The van der Waals surface area contributed by atoms with Crippen LogP contribution in [0.25, 0.3) is 0 Å². The van der Waals surface area contributed by atoms with Gasteiger partial charge in [-0.1, -0.05) is 54.2 Å². The molecule has 0 aromatic carbocycles. The fraction of sp³-hybridized carbons (Fsp3) is 0.700. The minimum Gasteiger partial charge on any atom is -0.466 e. The molecule has 0 amide bonds. The number of allylic oxidation sites excluding steroid dienone is 3. The van der Waals surface area contributed by atoms with Gasteiger partial charge in [0.05, 0.1) is 5.70 Å². The van der Waals surface area contributed by atoms with Crippen LogP contribution >= 0.6 is 8.46 Å². The zero-order valence-electron chi connectivity index (χ0n) is 17.4. The van der Waals surface area contributed by atoms with Crippen molar-refractivity contribution in [3.05, 3.63) is 36.3 Å². The van der Waals surface area contributed by atoms with Crippen LogP contribution in [0.15, 0.2) is 36.3 Å². The summed E-state index contributed by atoms with van der Waals surface area (Å²) < 4.78 is 21.2. The second-order valence-electron chi connectivity index (χ2n) is 8.02. The van der Waals surface area contributed by atoms with Crippen molar-refractivity contribution < 1.29 is 14.0 Å². The van der Waals surface area contributed by atoms with Crippen molar-refractivity contribution >= 4 is 8.46 Å². The number of rotatable bonds is 8. The maximum absolute atomic E-state index is 10.9. The molecule has 0 aliphatic heterocycles. The molecule has 1 unspecified atom stereocenters. The molecule has 0 spiro atoms. The third-order valence-corrected chi connectivity index (χ3v) is 4.49. The van der Waals surface area contributed by atoms with E-state index in [0.717, 1.165) is 6.42 Å². The highest BCUT2D eigenvalue weighted by Gasteiger charge is 2.29. The average Bonchev–Trinajstić information content (AvgIpc) is 2.48. The molecule has 0 radical (unpaired) electrons. The molecular formula is C20H38NO3P. The number of nitrogens with two attached hydrogens (primary N) is 1. The molecular weight excluding hydrogens is 333 g/mol. The molecule has 0 bridgehead atoms. The maximum Gasteiger partial charge on any atom is 0.189 e. The smallest absolute Gasteiger partial charge is 0.189 e. The quantitative estimate of drug-likeness (QED) is 0.185. The van der Waals surface area contributed by atoms with E-state index < -0.39 is 0 Å². The molecule has 0 saturated heterocycles. The lowest BCUT2D eigenvalue weighted by atomic mass is 9.81. The SMILES string of the molecule is C=C/C=C(N)\C(=C/C)OCOCC.CC(C)(C)CC(P=O)C(C)(C)C. The van der Waals surface area contributed by atoms with E-state index in [1.54, 1.807) is 18.2 Å². The molecule has 0 aliphatic carbocycles. The van der Waals surface area contributed by atoms with Crippen LogP contribution in [0.1, 0.15) is 61.8 Å². The summed E-state index contributed by atoms with van der Waals surface area (Å²) in [6, 6.07) is 0. The van der Waals surface area contributed by atoms with E-state index in [1.165, 1.54) is 0 Å². The molecule has 0 fully saturated rings. The highest BCUT2D eigenvalue weighted by atomic mass is 31.1. The Bertz CT molecular complexity index is 443. The average molecular weight is 372 g/mol. The van der Waals surface area contributed by atoms with Gasteiger partial charge in [0.2, 0.25) is 0 Å². The van der Waals surface area contributed by atoms with Gasteiger partial charge >= 0.3 is 0 Å². The first-order valence-corrected chi connectivity index (χ1v) is 9.59. The summed E-state index contributed by atoms with van der Waals surface area (Å²) in [5.74, 6) is 0.619. The van der Waals surface area contributed by atoms with E-state index >= 15 is 0 Å². The van der Waals surface area contributed by atoms with Crippen molar-refractivity contribution in [3.8, 4) is 0 Å². The topological polar surface area (TPSA) is 61.6 Å². The van der Waals surface area contributed by atoms with Crippen LogP contribution in [-0.4, -0.2) is 19.1 Å². The normalized spacial score (nSPS) is 14.6. The maximum atomic E-state index is 10.9. The number of hydrogen-bond donors (Lipinski definition) is 1. The molecule has 0 aromatic rings. The van der Waals surface area contributed by atoms with Crippen LogP contribution < -0.4 is 5.73 Å². The van der Waals surface area contributed by atoms with Gasteiger partial charge in [0, 0.05) is 12.3 Å². The second kappa shape index (κ2) is 13.1. The fourth-order valence-corrected chi connectivity index (χ4v) is 2.75. The largest absolute Gasteiger partial charge is 0.466 e. The Kier molecular flexibility index (Phi) is 13.7. The first kappa shape index (κ1) is 26.1. The Morgan fingerprint density at radius 1 is 1.24 bits per heavy atom. The van der Waals surface area contributed by atoms with E-state index in [4.69, 9.17) is 15.2 Å². The molecule has 0 rings (SSSR count). The predicted octanol–water partition coefficient (Wildman–Crippen LogP) is 6.06. The van der Waals surface area contributed by atoms with Crippen LogP contribution in [0.2, 0.25) is 0 Å². The van der Waals surface area contributed by atoms with Crippen molar-refractivity contribution in [2.45, 2.75) is 67.5 Å². The summed E-state index contributed by atoms with van der Waals surface area (Å²) in [6.07, 6.45) is 6.10. The van der Waals surface area contributed by atoms with Gasteiger partial charge in [0.25, 0.3) is 0 Å². The van der Waals surface area contributed by atoms with Crippen LogP contribution in [0.4, 0.5) is 0 Å². The zero-order valence-corrected chi connectivity index (χ0v) is 18.3. The standard InChI is InChI=1S/C10H17NO2.C10H21OP/c1-4-7-9(11)10(5-2)13-8-12-6-3;1-9(2,3)7-8(12-11)10(4,5)6/h4-5,7H,1,6,8,11H2,2-3H3;8H,7H2,1-6H3/b9-7+,10-5+;. The van der Waals surface area contributed by atoms with Crippen molar-refractivity contribution in [2.24, 2.45) is 16.6 Å². The van der Waals surface area contributed by atoms with Gasteiger partial charge < -0.3 is 15.2 Å². The van der Waals surface area contributed by atoms with E-state index in [0.29, 0.717) is 18.1 Å². The fourth-order valence-electron chi connectivity index (χ4n) is 1.81. The lowest BCUT2D eigenvalue weighted by Crippen LogP contribution is -2.25. The van der Waals surface area contributed by atoms with Gasteiger partial charge in [0.1, 0.15) is 5.76 Å². The molecule has 2 N–H and O–H groups in total. The summed E-state index contributed by atoms with van der Waals surface area (Å²) in [5, 5.41) is 0. The van der Waals surface area contributed by atoms with Crippen molar-refractivity contribution in [2.75, 3.05) is 13.4 Å². The lowest BCUT2D eigenvalue weighted by Gasteiger charge is -2.30. The Balaban J connectivity index is 0. The Morgan fingerprint density at radius 3 is 2.08 bits per heavy atom. The molecule has 4 nitrogen and oxygen atoms in total. The molecule has 25 heavy (non-hydrogen) atoms. The first-order valence-electron chi connectivity index (χ1n) is 8.70. The van der Waals surface area contributed by atoms with Gasteiger partial charge in [-0.25, -0.2) is 0 Å². The highest BCUT2D eigenvalue weighted by molar-refractivity contribution is 7.24. The van der Waals surface area contributed by atoms with Gasteiger partial charge in [-0.3, -0.25) is 4.57 Å². The van der Waals surface area contributed by atoms with Crippen LogP contribution in [0.5, 0.6) is 0 Å². The Hall–Kier alpha value is -1.12. The van der Waals surface area contributed by atoms with Crippen LogP contribution in [0.3, 0.4) is 0 Å². The minimum absolute atomic E-state index is 0.149. The summed E-state index contributed by atoms with van der Waals surface area (Å²) in [4.78, 5) is 0. The highest BCUT2D eigenvalue weighted by Crippen LogP contribution is 2.37. The summed E-state index contributed by atoms with van der Waals surface area (Å²) in [5.41, 5.74) is 6.91. The number of hydrogen-bond acceptors (Lipinski definition) is 4. The monoisotopic (exact) mass is 371 g/mol. The third kappa shape index (κ3) is 14.9. The van der Waals surface area contributed by atoms with Crippen LogP contribution in [0, 0.1) is 10.8 Å². The first-order chi connectivity index (χ1) is 11.4. The molecule has 0 aliphatic rings. The van der Waals surface area contributed by atoms with Crippen molar-refractivity contribution in [3.63, 3.8) is 0 Å². The third-order valence-electron chi connectivity index (χ3n) is 3.28. The zero-order chi connectivity index (χ0) is 20.1. The molecule has 1 atom stereocenters. The van der Waals surface area contributed by atoms with Crippen LogP contribution in [-0.2, 0) is 14.0 Å². The second-order valence-corrected chi connectivity index (χ2v) is 8.85. The van der Waals surface area contributed by atoms with E-state index in [-0.39, 0.29) is 31.7 Å². The minimum atomic E-state index is 0.149. The van der Waals surface area contributed by atoms with E-state index in [2.05, 4.69) is 48.1 Å². The summed E-state index contributed by atoms with van der Waals surface area (Å²) >= 11 is 0. The van der Waals surface area contributed by atoms with Gasteiger partial charge in [-0.15, -0.1) is 0 Å². The predicted molar refractivity (Wildman–Crippen MR) is 109 cm³/mol. The molecule has 0 saturated carbocycles. The van der Waals surface area contributed by atoms with Crippen molar-refractivity contribution in [1.82, 2.24) is 0 Å². The molecule has 0 heterocycles. The molecule has 5 heteroatoms. The number of ether oxygens (including phenoxy) is 2. The van der Waals surface area contributed by atoms with Crippen molar-refractivity contribution in [1.29, 1.82) is 0 Å². The van der Waals surface area contributed by atoms with E-state index in [9.17, 15) is 4.57 Å². The van der Waals surface area contributed by atoms with Gasteiger partial charge in [-0.2, -0.15) is 0 Å². The molecule has 146 valence electrons. The lowest BCUT2D eigenvalue weighted by molar-refractivity contribution is -0.0152. The molecule has 0 aromatic heterocycles. The van der Waals surface area contributed by atoms with E-state index in [1.807, 2.05) is 13.8 Å². The van der Waals surface area contributed by atoms with Gasteiger partial charge in [0.15, 0.2) is 15.3 Å². The Morgan fingerprint density at radius 2 is 1.80 bits per heavy atom. The summed E-state index contributed by atoms with van der Waals surface area (Å²) in [7, 11) is 0.289.